The fourth-order valence-corrected chi connectivity index (χ4v) is 2.67. The molecule has 1 aromatic carbocycles. The van der Waals surface area contributed by atoms with Crippen molar-refractivity contribution in [2.75, 3.05) is 12.4 Å². The van der Waals surface area contributed by atoms with E-state index in [2.05, 4.69) is 10.0 Å². The molecule has 1 fully saturated rings. The maximum absolute atomic E-state index is 11.9. The highest BCUT2D eigenvalue weighted by atomic mass is 32.2. The number of rotatable bonds is 4. The molecule has 0 unspecified atom stereocenters. The van der Waals surface area contributed by atoms with Crippen molar-refractivity contribution in [2.45, 2.75) is 29.7 Å². The van der Waals surface area contributed by atoms with Crippen LogP contribution in [0.2, 0.25) is 0 Å². The number of amides is 1. The number of carbonyl (C=O) groups is 1. The summed E-state index contributed by atoms with van der Waals surface area (Å²) in [7, 11) is -2.18. The molecule has 1 amide bonds. The van der Waals surface area contributed by atoms with E-state index in [4.69, 9.17) is 5.73 Å². The summed E-state index contributed by atoms with van der Waals surface area (Å²) in [6.45, 7) is 0. The van der Waals surface area contributed by atoms with Crippen LogP contribution in [0.5, 0.6) is 0 Å². The van der Waals surface area contributed by atoms with Crippen molar-refractivity contribution >= 4 is 21.6 Å². The molecule has 1 aliphatic carbocycles. The van der Waals surface area contributed by atoms with Crippen LogP contribution < -0.4 is 15.8 Å². The molecule has 1 saturated carbocycles. The number of sulfonamides is 1. The largest absolute Gasteiger partial charge is 0.324 e. The molecule has 0 aliphatic heterocycles. The lowest BCUT2D eigenvalue weighted by atomic mass is 9.77. The van der Waals surface area contributed by atoms with Gasteiger partial charge < -0.3 is 11.1 Å². The van der Waals surface area contributed by atoms with Gasteiger partial charge in [-0.3, -0.25) is 4.79 Å². The topological polar surface area (TPSA) is 101 Å². The first-order chi connectivity index (χ1) is 8.87. The molecule has 7 heteroatoms. The molecule has 0 atom stereocenters. The lowest BCUT2D eigenvalue weighted by Gasteiger charge is -2.36. The Morgan fingerprint density at radius 3 is 2.58 bits per heavy atom. The van der Waals surface area contributed by atoms with Crippen LogP contribution in [0, 0.1) is 0 Å². The van der Waals surface area contributed by atoms with Crippen LogP contribution in [0.25, 0.3) is 0 Å². The summed E-state index contributed by atoms with van der Waals surface area (Å²) in [5.74, 6) is -0.266. The second-order valence-corrected chi connectivity index (χ2v) is 6.59. The van der Waals surface area contributed by atoms with Crippen molar-refractivity contribution in [3.63, 3.8) is 0 Å². The van der Waals surface area contributed by atoms with E-state index in [0.29, 0.717) is 18.5 Å². The fraction of sp³-hybridized carbons (Fsp3) is 0.417. The third kappa shape index (κ3) is 2.78. The number of hydrogen-bond acceptors (Lipinski definition) is 4. The number of nitrogens with two attached hydrogens (primary N) is 1. The Hall–Kier alpha value is -1.44. The van der Waals surface area contributed by atoms with Gasteiger partial charge in [-0.25, -0.2) is 13.1 Å². The highest BCUT2D eigenvalue weighted by Gasteiger charge is 2.40. The van der Waals surface area contributed by atoms with Crippen molar-refractivity contribution in [1.29, 1.82) is 0 Å². The summed E-state index contributed by atoms with van der Waals surface area (Å²) in [4.78, 5) is 12.0. The molecule has 0 radical (unpaired) electrons. The highest BCUT2D eigenvalue weighted by Crippen LogP contribution is 2.30. The molecule has 4 N–H and O–H groups in total. The minimum atomic E-state index is -3.52. The van der Waals surface area contributed by atoms with E-state index in [1.807, 2.05) is 0 Å². The van der Waals surface area contributed by atoms with Crippen molar-refractivity contribution < 1.29 is 13.2 Å². The van der Waals surface area contributed by atoms with Gasteiger partial charge in [-0.05, 0) is 44.5 Å². The Labute approximate surface area is 112 Å². The Morgan fingerprint density at radius 1 is 1.37 bits per heavy atom. The van der Waals surface area contributed by atoms with Crippen molar-refractivity contribution in [2.24, 2.45) is 5.73 Å². The monoisotopic (exact) mass is 283 g/mol. The summed E-state index contributed by atoms with van der Waals surface area (Å²) >= 11 is 0. The summed E-state index contributed by atoms with van der Waals surface area (Å²) < 4.78 is 25.5. The average molecular weight is 283 g/mol. The van der Waals surface area contributed by atoms with Crippen molar-refractivity contribution in [3.8, 4) is 0 Å². The second-order valence-electron chi connectivity index (χ2n) is 4.70. The van der Waals surface area contributed by atoms with Gasteiger partial charge in [0.05, 0.1) is 10.4 Å². The van der Waals surface area contributed by atoms with E-state index < -0.39 is 15.6 Å². The number of carbonyl (C=O) groups excluding carboxylic acids is 1. The Morgan fingerprint density at radius 2 is 2.05 bits per heavy atom. The van der Waals surface area contributed by atoms with Crippen LogP contribution in [-0.4, -0.2) is 26.9 Å². The van der Waals surface area contributed by atoms with Crippen LogP contribution >= 0.6 is 0 Å². The van der Waals surface area contributed by atoms with Gasteiger partial charge in [0, 0.05) is 5.69 Å². The van der Waals surface area contributed by atoms with E-state index in [-0.39, 0.29) is 10.8 Å². The molecule has 1 aromatic rings. The standard InChI is InChI=1S/C12H17N3O3S/c1-14-19(17,18)10-5-2-4-9(8-10)15-11(16)12(13)6-3-7-12/h2,4-5,8,14H,3,6-7,13H2,1H3,(H,15,16). The van der Waals surface area contributed by atoms with Gasteiger partial charge in [0.2, 0.25) is 15.9 Å². The maximum atomic E-state index is 11.9. The molecule has 0 bridgehead atoms. The fourth-order valence-electron chi connectivity index (χ4n) is 1.90. The molecule has 19 heavy (non-hydrogen) atoms. The molecule has 0 heterocycles. The van der Waals surface area contributed by atoms with Gasteiger partial charge in [0.1, 0.15) is 0 Å². The Balaban J connectivity index is 2.18. The smallest absolute Gasteiger partial charge is 0.244 e. The van der Waals surface area contributed by atoms with E-state index in [0.717, 1.165) is 6.42 Å². The molecule has 6 nitrogen and oxygen atoms in total. The zero-order valence-electron chi connectivity index (χ0n) is 10.6. The summed E-state index contributed by atoms with van der Waals surface area (Å²) in [5, 5.41) is 2.66. The lowest BCUT2D eigenvalue weighted by Crippen LogP contribution is -2.56. The van der Waals surface area contributed by atoms with Crippen molar-refractivity contribution in [1.82, 2.24) is 4.72 Å². The zero-order chi connectivity index (χ0) is 14.1. The van der Waals surface area contributed by atoms with Crippen LogP contribution in [0.4, 0.5) is 5.69 Å². The first-order valence-corrected chi connectivity index (χ1v) is 7.50. The summed E-state index contributed by atoms with van der Waals surface area (Å²) in [6.07, 6.45) is 2.26. The molecular weight excluding hydrogens is 266 g/mol. The van der Waals surface area contributed by atoms with Crippen molar-refractivity contribution in [3.05, 3.63) is 24.3 Å². The van der Waals surface area contributed by atoms with Gasteiger partial charge in [0.25, 0.3) is 0 Å². The molecule has 0 spiro atoms. The van der Waals surface area contributed by atoms with Gasteiger partial charge in [0.15, 0.2) is 0 Å². The molecular formula is C12H17N3O3S. The number of hydrogen-bond donors (Lipinski definition) is 3. The zero-order valence-corrected chi connectivity index (χ0v) is 11.5. The quantitative estimate of drug-likeness (QED) is 0.745. The van der Waals surface area contributed by atoms with E-state index in [9.17, 15) is 13.2 Å². The van der Waals surface area contributed by atoms with Crippen LogP contribution in [0.3, 0.4) is 0 Å². The van der Waals surface area contributed by atoms with E-state index >= 15 is 0 Å². The van der Waals surface area contributed by atoms with Gasteiger partial charge in [-0.15, -0.1) is 0 Å². The van der Waals surface area contributed by atoms with E-state index in [1.54, 1.807) is 12.1 Å². The van der Waals surface area contributed by atoms with Gasteiger partial charge in [-0.2, -0.15) is 0 Å². The van der Waals surface area contributed by atoms with Crippen LogP contribution in [0.1, 0.15) is 19.3 Å². The predicted molar refractivity (Wildman–Crippen MR) is 72.1 cm³/mol. The second kappa shape index (κ2) is 4.92. The van der Waals surface area contributed by atoms with E-state index in [1.165, 1.54) is 19.2 Å². The Bertz CT molecular complexity index is 594. The first-order valence-electron chi connectivity index (χ1n) is 6.01. The molecule has 104 valence electrons. The third-order valence-electron chi connectivity index (χ3n) is 3.37. The van der Waals surface area contributed by atoms with Crippen LogP contribution in [0.15, 0.2) is 29.2 Å². The third-order valence-corrected chi connectivity index (χ3v) is 4.78. The minimum absolute atomic E-state index is 0.104. The van der Waals surface area contributed by atoms with Crippen LogP contribution in [-0.2, 0) is 14.8 Å². The molecule has 1 aliphatic rings. The predicted octanol–water partition coefficient (Wildman–Crippen LogP) is 0.415. The molecule has 0 aromatic heterocycles. The maximum Gasteiger partial charge on any atom is 0.244 e. The first kappa shape index (κ1) is 14.0. The Kier molecular flexibility index (Phi) is 3.62. The SMILES string of the molecule is CNS(=O)(=O)c1cccc(NC(=O)C2(N)CCC2)c1. The number of benzene rings is 1. The summed E-state index contributed by atoms with van der Waals surface area (Å²) in [6, 6.07) is 6.08. The van der Waals surface area contributed by atoms with Gasteiger partial charge in [-0.1, -0.05) is 6.07 Å². The normalized spacial score (nSPS) is 17.6. The number of anilines is 1. The average Bonchev–Trinajstić information content (AvgIpc) is 2.36. The molecule has 2 rings (SSSR count). The lowest BCUT2D eigenvalue weighted by molar-refractivity contribution is -0.123. The molecule has 0 saturated heterocycles. The van der Waals surface area contributed by atoms with Gasteiger partial charge >= 0.3 is 0 Å². The summed E-state index contributed by atoms with van der Waals surface area (Å²) in [5.41, 5.74) is 5.52. The minimum Gasteiger partial charge on any atom is -0.324 e. The number of nitrogens with one attached hydrogen (secondary N) is 2. The highest BCUT2D eigenvalue weighted by molar-refractivity contribution is 7.89.